The number of nitrogens with zero attached hydrogens (tertiary/aromatic N) is 3. The molecule has 0 amide bonds. The zero-order chi connectivity index (χ0) is 45.6. The second-order valence-corrected chi connectivity index (χ2v) is 18.1. The van der Waals surface area contributed by atoms with E-state index in [0.717, 1.165) is 39.2 Å². The Labute approximate surface area is 399 Å². The first-order valence-corrected chi connectivity index (χ1v) is 23.5. The number of nitriles is 1. The average Bonchev–Trinajstić information content (AvgIpc) is 3.97. The van der Waals surface area contributed by atoms with Crippen LogP contribution in [0.25, 0.3) is 138 Å². The fourth-order valence-electron chi connectivity index (χ4n) is 11.1. The lowest BCUT2D eigenvalue weighted by Crippen LogP contribution is -1.97. The van der Waals surface area contributed by atoms with Crippen molar-refractivity contribution in [3.63, 3.8) is 0 Å². The molecular weight excluding hydrogens is 835 g/mol. The number of benzene rings is 12. The molecule has 0 atom stereocenters. The van der Waals surface area contributed by atoms with E-state index >= 15 is 0 Å². The summed E-state index contributed by atoms with van der Waals surface area (Å²) in [5.74, 6) is 0.932. The predicted molar refractivity (Wildman–Crippen MR) is 287 cm³/mol. The van der Waals surface area contributed by atoms with Gasteiger partial charge >= 0.3 is 0 Å². The lowest BCUT2D eigenvalue weighted by molar-refractivity contribution is 1.10. The maximum absolute atomic E-state index is 9.51. The molecule has 3 nitrogen and oxygen atoms in total. The van der Waals surface area contributed by atoms with Crippen molar-refractivity contribution in [2.75, 3.05) is 0 Å². The van der Waals surface area contributed by atoms with Gasteiger partial charge in [0.1, 0.15) is 5.82 Å². The average molecular weight is 874 g/mol. The van der Waals surface area contributed by atoms with Crippen LogP contribution in [0.3, 0.4) is 0 Å². The predicted octanol–water partition coefficient (Wildman–Crippen LogP) is 17.5. The van der Waals surface area contributed by atoms with Crippen molar-refractivity contribution in [1.82, 2.24) is 9.55 Å². The summed E-state index contributed by atoms with van der Waals surface area (Å²) in [4.78, 5) is 5.09. The third kappa shape index (κ3) is 6.10. The van der Waals surface area contributed by atoms with E-state index in [1.165, 1.54) is 98.7 Å². The molecule has 13 aromatic rings. The van der Waals surface area contributed by atoms with Gasteiger partial charge in [-0.1, -0.05) is 170 Å². The molecule has 1 aliphatic rings. The number of hydrogen-bond acceptors (Lipinski definition) is 2. The maximum atomic E-state index is 9.51. The first-order chi connectivity index (χ1) is 34.2. The first kappa shape index (κ1) is 38.9. The van der Waals surface area contributed by atoms with E-state index in [2.05, 4.69) is 217 Å². The van der Waals surface area contributed by atoms with Gasteiger partial charge in [-0.15, -0.1) is 0 Å². The lowest BCUT2D eigenvalue weighted by Gasteiger charge is -2.18. The highest BCUT2D eigenvalue weighted by atomic mass is 15.1. The van der Waals surface area contributed by atoms with Crippen LogP contribution in [-0.2, 0) is 0 Å². The van der Waals surface area contributed by atoms with Crippen LogP contribution < -0.4 is 0 Å². The van der Waals surface area contributed by atoms with E-state index in [-0.39, 0.29) is 0 Å². The lowest BCUT2D eigenvalue weighted by atomic mass is 9.85. The fourth-order valence-corrected chi connectivity index (χ4v) is 11.1. The zero-order valence-electron chi connectivity index (χ0n) is 37.4. The minimum atomic E-state index is 0.658. The fraction of sp³-hybridized carbons (Fsp3) is 0. The molecule has 0 fully saturated rings. The van der Waals surface area contributed by atoms with Crippen molar-refractivity contribution < 1.29 is 0 Å². The topological polar surface area (TPSA) is 41.6 Å². The molecule has 0 saturated heterocycles. The largest absolute Gasteiger partial charge is 0.292 e. The standard InChI is InChI=1S/C66H39N3/c67-40-41-23-25-42(26-24-41)47-29-32-50-56(35-47)54(43-13-4-1-5-14-43)37-61-57(50)36-55(44-15-6-2-7-16-44)60-38-59-53-34-33-49(51-19-12-20-52(65(51)53)58(59)39-62(60)61)45-27-30-48(31-28-45)69-64-22-11-10-21-63(64)68-66(69)46-17-8-3-9-18-46/h1-39H. The molecule has 0 aliphatic heterocycles. The summed E-state index contributed by atoms with van der Waals surface area (Å²) in [7, 11) is 0. The molecule has 0 bridgehead atoms. The molecule has 1 aromatic heterocycles. The highest BCUT2D eigenvalue weighted by Gasteiger charge is 2.26. The van der Waals surface area contributed by atoms with Crippen molar-refractivity contribution in [2.24, 2.45) is 0 Å². The van der Waals surface area contributed by atoms with Crippen LogP contribution in [0.1, 0.15) is 5.56 Å². The molecule has 3 heteroatoms. The molecule has 0 spiro atoms. The molecular formula is C66H39N3. The van der Waals surface area contributed by atoms with Crippen molar-refractivity contribution in [2.45, 2.75) is 0 Å². The summed E-state index contributed by atoms with van der Waals surface area (Å²) < 4.78 is 2.27. The second-order valence-electron chi connectivity index (χ2n) is 18.1. The van der Waals surface area contributed by atoms with Gasteiger partial charge < -0.3 is 0 Å². The minimum absolute atomic E-state index is 0.658. The Morgan fingerprint density at radius 1 is 0.319 bits per heavy atom. The normalized spacial score (nSPS) is 11.8. The second kappa shape index (κ2) is 15.4. The molecule has 12 aromatic carbocycles. The van der Waals surface area contributed by atoms with Crippen LogP contribution in [0, 0.1) is 11.3 Å². The highest BCUT2D eigenvalue weighted by Crippen LogP contribution is 2.53. The molecule has 318 valence electrons. The first-order valence-electron chi connectivity index (χ1n) is 23.5. The van der Waals surface area contributed by atoms with E-state index in [0.29, 0.717) is 5.56 Å². The monoisotopic (exact) mass is 873 g/mol. The van der Waals surface area contributed by atoms with Gasteiger partial charge in [-0.05, 0) is 177 Å². The van der Waals surface area contributed by atoms with Crippen LogP contribution in [0.4, 0.5) is 0 Å². The number of para-hydroxylation sites is 2. The van der Waals surface area contributed by atoms with Crippen LogP contribution in [0.5, 0.6) is 0 Å². The Kier molecular flexibility index (Phi) is 8.65. The maximum Gasteiger partial charge on any atom is 0.145 e. The van der Waals surface area contributed by atoms with Crippen molar-refractivity contribution >= 4 is 54.1 Å². The van der Waals surface area contributed by atoms with Crippen molar-refractivity contribution in [3.8, 4) is 89.9 Å². The summed E-state index contributed by atoms with van der Waals surface area (Å²) in [5.41, 5.74) is 19.3. The molecule has 0 radical (unpaired) electrons. The smallest absolute Gasteiger partial charge is 0.145 e. The number of rotatable bonds is 6. The SMILES string of the molecule is N#Cc1ccc(-c2ccc3c(c2)c(-c2ccccc2)cc2c4cc5c(cc4c(-c4ccccc4)cc32)-c2ccc(-c3ccc(-n4c(-c6ccccc6)nc6ccccc64)cc3)c3cccc-5c23)cc1. The number of aromatic nitrogens is 2. The van der Waals surface area contributed by atoms with Crippen molar-refractivity contribution in [3.05, 3.63) is 242 Å². The summed E-state index contributed by atoms with van der Waals surface area (Å²) in [6.45, 7) is 0. The van der Waals surface area contributed by atoms with Gasteiger partial charge in [0.2, 0.25) is 0 Å². The Hall–Kier alpha value is -9.36. The van der Waals surface area contributed by atoms with Crippen molar-refractivity contribution in [1.29, 1.82) is 5.26 Å². The van der Waals surface area contributed by atoms with Crippen LogP contribution in [0.15, 0.2) is 237 Å². The molecule has 0 unspecified atom stereocenters. The third-order valence-corrected chi connectivity index (χ3v) is 14.4. The van der Waals surface area contributed by atoms with Crippen LogP contribution in [-0.4, -0.2) is 9.55 Å². The summed E-state index contributed by atoms with van der Waals surface area (Å²) in [6.07, 6.45) is 0. The Morgan fingerprint density at radius 2 is 0.841 bits per heavy atom. The van der Waals surface area contributed by atoms with Gasteiger partial charge in [-0.3, -0.25) is 4.57 Å². The van der Waals surface area contributed by atoms with E-state index < -0.39 is 0 Å². The van der Waals surface area contributed by atoms with E-state index in [1.807, 2.05) is 30.3 Å². The van der Waals surface area contributed by atoms with E-state index in [1.54, 1.807) is 0 Å². The highest BCUT2D eigenvalue weighted by molar-refractivity contribution is 6.27. The Bertz CT molecular complexity index is 4260. The summed E-state index contributed by atoms with van der Waals surface area (Å²) >= 11 is 0. The molecule has 0 N–H and O–H groups in total. The van der Waals surface area contributed by atoms with Gasteiger partial charge in [0, 0.05) is 11.3 Å². The quantitative estimate of drug-likeness (QED) is 0.156. The van der Waals surface area contributed by atoms with E-state index in [9.17, 15) is 5.26 Å². The summed E-state index contributed by atoms with van der Waals surface area (Å²) in [5, 5.41) is 19.4. The Balaban J connectivity index is 0.959. The van der Waals surface area contributed by atoms with Gasteiger partial charge in [0.15, 0.2) is 0 Å². The number of imidazole rings is 1. The summed E-state index contributed by atoms with van der Waals surface area (Å²) in [6, 6.07) is 87.8. The number of hydrogen-bond donors (Lipinski definition) is 0. The van der Waals surface area contributed by atoms with Gasteiger partial charge in [-0.2, -0.15) is 5.26 Å². The molecule has 1 aliphatic carbocycles. The zero-order valence-corrected chi connectivity index (χ0v) is 37.4. The number of fused-ring (bicyclic) bond motifs is 9. The third-order valence-electron chi connectivity index (χ3n) is 14.4. The van der Waals surface area contributed by atoms with Gasteiger partial charge in [0.05, 0.1) is 22.7 Å². The molecule has 0 saturated carbocycles. The van der Waals surface area contributed by atoms with Crippen LogP contribution in [0.2, 0.25) is 0 Å². The van der Waals surface area contributed by atoms with Gasteiger partial charge in [0.25, 0.3) is 0 Å². The molecule has 1 heterocycles. The van der Waals surface area contributed by atoms with Crippen LogP contribution >= 0.6 is 0 Å². The molecule has 14 rings (SSSR count). The molecule has 69 heavy (non-hydrogen) atoms. The Morgan fingerprint density at radius 3 is 1.54 bits per heavy atom. The van der Waals surface area contributed by atoms with Gasteiger partial charge in [-0.25, -0.2) is 4.98 Å². The minimum Gasteiger partial charge on any atom is -0.292 e. The van der Waals surface area contributed by atoms with E-state index in [4.69, 9.17) is 4.98 Å².